The van der Waals surface area contributed by atoms with Crippen LogP contribution in [-0.4, -0.2) is 13.6 Å². The molecule has 1 heterocycles. The third-order valence-corrected chi connectivity index (χ3v) is 2.99. The molecule has 2 rings (SSSR count). The van der Waals surface area contributed by atoms with Crippen LogP contribution in [0.15, 0.2) is 18.2 Å². The van der Waals surface area contributed by atoms with E-state index in [1.165, 1.54) is 29.7 Å². The van der Waals surface area contributed by atoms with E-state index in [0.29, 0.717) is 0 Å². The fourth-order valence-corrected chi connectivity index (χ4v) is 2.06. The van der Waals surface area contributed by atoms with Gasteiger partial charge in [0.1, 0.15) is 0 Å². The Labute approximate surface area is 85.7 Å². The molecule has 0 fully saturated rings. The molecule has 2 heteroatoms. The van der Waals surface area contributed by atoms with Gasteiger partial charge in [0.2, 0.25) is 0 Å². The lowest BCUT2D eigenvalue weighted by Gasteiger charge is -2.28. The van der Waals surface area contributed by atoms with E-state index < -0.39 is 0 Å². The van der Waals surface area contributed by atoms with Crippen LogP contribution in [-0.2, 0) is 6.42 Å². The summed E-state index contributed by atoms with van der Waals surface area (Å²) in [6, 6.07) is 6.75. The van der Waals surface area contributed by atoms with Gasteiger partial charge in [-0.25, -0.2) is 0 Å². The first kappa shape index (κ1) is 9.53. The van der Waals surface area contributed by atoms with E-state index >= 15 is 0 Å². The summed E-state index contributed by atoms with van der Waals surface area (Å²) in [7, 11) is 2.16. The fourth-order valence-electron chi connectivity index (χ4n) is 2.06. The summed E-state index contributed by atoms with van der Waals surface area (Å²) >= 11 is 0. The van der Waals surface area contributed by atoms with E-state index in [9.17, 15) is 0 Å². The highest BCUT2D eigenvalue weighted by atomic mass is 15.1. The zero-order valence-electron chi connectivity index (χ0n) is 8.96. The quantitative estimate of drug-likeness (QED) is 0.734. The molecule has 0 saturated carbocycles. The molecule has 1 aromatic rings. The minimum Gasteiger partial charge on any atom is -0.374 e. The van der Waals surface area contributed by atoms with Gasteiger partial charge in [-0.3, -0.25) is 0 Å². The van der Waals surface area contributed by atoms with Gasteiger partial charge in [-0.05, 0) is 37.0 Å². The second kappa shape index (κ2) is 3.62. The smallest absolute Gasteiger partial charge is 0.0399 e. The summed E-state index contributed by atoms with van der Waals surface area (Å²) in [5.41, 5.74) is 9.94. The third kappa shape index (κ3) is 1.62. The van der Waals surface area contributed by atoms with Crippen molar-refractivity contribution in [3.05, 3.63) is 29.3 Å². The Bertz CT molecular complexity index is 331. The molecule has 1 unspecified atom stereocenters. The number of fused-ring (bicyclic) bond motifs is 1. The topological polar surface area (TPSA) is 29.3 Å². The van der Waals surface area contributed by atoms with Crippen LogP contribution in [0.1, 0.15) is 30.5 Å². The maximum Gasteiger partial charge on any atom is 0.0399 e. The number of rotatable bonds is 1. The highest BCUT2D eigenvalue weighted by Crippen LogP contribution is 2.28. The number of hydrogen-bond donors (Lipinski definition) is 1. The van der Waals surface area contributed by atoms with Gasteiger partial charge in [0.05, 0.1) is 0 Å². The largest absolute Gasteiger partial charge is 0.374 e. The molecule has 0 spiro atoms. The molecular weight excluding hydrogens is 172 g/mol. The Morgan fingerprint density at radius 3 is 2.93 bits per heavy atom. The molecule has 0 aliphatic carbocycles. The standard InChI is InChI=1S/C12H18N2/c1-9(13)11-6-5-10-4-3-7-14(2)12(10)8-11/h5-6,8-9H,3-4,7,13H2,1-2H3. The number of nitrogens with two attached hydrogens (primary N) is 1. The molecule has 0 radical (unpaired) electrons. The van der Waals surface area contributed by atoms with E-state index in [2.05, 4.69) is 30.1 Å². The van der Waals surface area contributed by atoms with Crippen LogP contribution in [0.5, 0.6) is 0 Å². The second-order valence-electron chi connectivity index (χ2n) is 4.20. The van der Waals surface area contributed by atoms with Gasteiger partial charge in [0.15, 0.2) is 0 Å². The van der Waals surface area contributed by atoms with E-state index in [1.54, 1.807) is 0 Å². The summed E-state index contributed by atoms with van der Waals surface area (Å²) in [5, 5.41) is 0. The summed E-state index contributed by atoms with van der Waals surface area (Å²) < 4.78 is 0. The van der Waals surface area contributed by atoms with Gasteiger partial charge in [-0.1, -0.05) is 12.1 Å². The Morgan fingerprint density at radius 2 is 2.21 bits per heavy atom. The van der Waals surface area contributed by atoms with E-state index in [4.69, 9.17) is 5.73 Å². The molecule has 1 aliphatic rings. The van der Waals surface area contributed by atoms with Crippen LogP contribution in [0, 0.1) is 0 Å². The molecule has 76 valence electrons. The van der Waals surface area contributed by atoms with E-state index in [1.807, 2.05) is 6.92 Å². The predicted octanol–water partition coefficient (Wildman–Crippen LogP) is 2.09. The van der Waals surface area contributed by atoms with Gasteiger partial charge in [-0.15, -0.1) is 0 Å². The summed E-state index contributed by atoms with van der Waals surface area (Å²) in [6.45, 7) is 3.19. The Hall–Kier alpha value is -1.02. The summed E-state index contributed by atoms with van der Waals surface area (Å²) in [4.78, 5) is 2.32. The lowest BCUT2D eigenvalue weighted by Crippen LogP contribution is -2.25. The predicted molar refractivity (Wildman–Crippen MR) is 60.6 cm³/mol. The van der Waals surface area contributed by atoms with Crippen LogP contribution in [0.4, 0.5) is 5.69 Å². The first-order chi connectivity index (χ1) is 6.68. The molecule has 1 atom stereocenters. The summed E-state index contributed by atoms with van der Waals surface area (Å²) in [6.07, 6.45) is 2.47. The minimum atomic E-state index is 0.135. The van der Waals surface area contributed by atoms with Crippen molar-refractivity contribution in [3.8, 4) is 0 Å². The molecule has 0 aromatic heterocycles. The maximum atomic E-state index is 5.87. The lowest BCUT2D eigenvalue weighted by molar-refractivity contribution is 0.738. The molecule has 1 aliphatic heterocycles. The van der Waals surface area contributed by atoms with Crippen molar-refractivity contribution >= 4 is 5.69 Å². The average Bonchev–Trinajstić information content (AvgIpc) is 2.18. The van der Waals surface area contributed by atoms with Crippen molar-refractivity contribution in [2.45, 2.75) is 25.8 Å². The van der Waals surface area contributed by atoms with Crippen molar-refractivity contribution in [2.75, 3.05) is 18.5 Å². The summed E-state index contributed by atoms with van der Waals surface area (Å²) in [5.74, 6) is 0. The van der Waals surface area contributed by atoms with Crippen molar-refractivity contribution in [1.29, 1.82) is 0 Å². The fraction of sp³-hybridized carbons (Fsp3) is 0.500. The number of benzene rings is 1. The average molecular weight is 190 g/mol. The molecule has 1 aromatic carbocycles. The number of nitrogens with zero attached hydrogens (tertiary/aromatic N) is 1. The number of aryl methyl sites for hydroxylation is 1. The number of anilines is 1. The van der Waals surface area contributed by atoms with Gasteiger partial charge < -0.3 is 10.6 Å². The lowest BCUT2D eigenvalue weighted by atomic mass is 9.98. The normalized spacial score (nSPS) is 17.8. The molecule has 0 bridgehead atoms. The number of hydrogen-bond acceptors (Lipinski definition) is 2. The van der Waals surface area contributed by atoms with Gasteiger partial charge >= 0.3 is 0 Å². The van der Waals surface area contributed by atoms with Crippen molar-refractivity contribution < 1.29 is 0 Å². The van der Waals surface area contributed by atoms with Crippen LogP contribution in [0.3, 0.4) is 0 Å². The van der Waals surface area contributed by atoms with E-state index in [0.717, 1.165) is 6.54 Å². The zero-order chi connectivity index (χ0) is 10.1. The first-order valence-corrected chi connectivity index (χ1v) is 5.28. The minimum absolute atomic E-state index is 0.135. The van der Waals surface area contributed by atoms with Crippen LogP contribution in [0.25, 0.3) is 0 Å². The molecule has 0 amide bonds. The zero-order valence-corrected chi connectivity index (χ0v) is 8.96. The van der Waals surface area contributed by atoms with Crippen LogP contribution < -0.4 is 10.6 Å². The second-order valence-corrected chi connectivity index (χ2v) is 4.20. The maximum absolute atomic E-state index is 5.87. The highest BCUT2D eigenvalue weighted by Gasteiger charge is 2.14. The Balaban J connectivity index is 2.41. The Morgan fingerprint density at radius 1 is 1.43 bits per heavy atom. The van der Waals surface area contributed by atoms with Gasteiger partial charge in [-0.2, -0.15) is 0 Å². The van der Waals surface area contributed by atoms with Crippen LogP contribution in [0.2, 0.25) is 0 Å². The molecule has 2 N–H and O–H groups in total. The molecular formula is C12H18N2. The molecule has 2 nitrogen and oxygen atoms in total. The first-order valence-electron chi connectivity index (χ1n) is 5.28. The Kier molecular flexibility index (Phi) is 2.46. The van der Waals surface area contributed by atoms with Crippen molar-refractivity contribution in [1.82, 2.24) is 0 Å². The third-order valence-electron chi connectivity index (χ3n) is 2.99. The monoisotopic (exact) mass is 190 g/mol. The van der Waals surface area contributed by atoms with E-state index in [-0.39, 0.29) is 6.04 Å². The highest BCUT2D eigenvalue weighted by molar-refractivity contribution is 5.57. The molecule has 0 saturated heterocycles. The van der Waals surface area contributed by atoms with Gasteiger partial charge in [0, 0.05) is 25.3 Å². The van der Waals surface area contributed by atoms with Gasteiger partial charge in [0.25, 0.3) is 0 Å². The molecule has 14 heavy (non-hydrogen) atoms. The van der Waals surface area contributed by atoms with Crippen molar-refractivity contribution in [2.24, 2.45) is 5.73 Å². The van der Waals surface area contributed by atoms with Crippen LogP contribution >= 0.6 is 0 Å². The SMILES string of the molecule is CC(N)c1ccc2c(c1)N(C)CCC2. The van der Waals surface area contributed by atoms with Crippen molar-refractivity contribution in [3.63, 3.8) is 0 Å².